The lowest BCUT2D eigenvalue weighted by molar-refractivity contribution is 0.620. The fraction of sp³-hybridized carbons (Fsp3) is 0.0741. The number of fused-ring (bicyclic) bond motifs is 2. The molecule has 0 saturated carbocycles. The molecule has 0 aliphatic heterocycles. The number of hydrogen-bond donors (Lipinski definition) is 0. The number of rotatable bonds is 6. The van der Waals surface area contributed by atoms with Gasteiger partial charge >= 0.3 is 0 Å². The number of hydrogen-bond acceptors (Lipinski definition) is 3. The Labute approximate surface area is 180 Å². The number of nitrogens with zero attached hydrogens (tertiary/aromatic N) is 1. The average Bonchev–Trinajstić information content (AvgIpc) is 3.23. The minimum absolute atomic E-state index is 0.698. The summed E-state index contributed by atoms with van der Waals surface area (Å²) in [7, 11) is 0. The van der Waals surface area contributed by atoms with Crippen LogP contribution in [0.15, 0.2) is 101 Å². The molecule has 3 heteroatoms. The van der Waals surface area contributed by atoms with E-state index < -0.39 is 0 Å². The predicted molar refractivity (Wildman–Crippen MR) is 129 cm³/mol. The monoisotopic (exact) mass is 407 g/mol. The van der Waals surface area contributed by atoms with Gasteiger partial charge in [0.15, 0.2) is 5.58 Å². The van der Waals surface area contributed by atoms with Crippen molar-refractivity contribution in [2.75, 3.05) is 5.75 Å². The van der Waals surface area contributed by atoms with E-state index in [9.17, 15) is 0 Å². The number of oxazole rings is 1. The van der Waals surface area contributed by atoms with Crippen molar-refractivity contribution in [2.24, 2.45) is 0 Å². The molecule has 146 valence electrons. The smallest absolute Gasteiger partial charge is 0.228 e. The van der Waals surface area contributed by atoms with E-state index in [1.165, 1.54) is 21.9 Å². The molecule has 2 nitrogen and oxygen atoms in total. The Balaban J connectivity index is 1.44. The van der Waals surface area contributed by atoms with Crippen LogP contribution in [0.3, 0.4) is 0 Å². The Morgan fingerprint density at radius 3 is 2.50 bits per heavy atom. The standard InChI is InChI=1S/C27H21NOS/c1-2-9-20(10-3-1)11-8-18-30-19-22-17-16-21-12-4-5-13-23(21)26(22)27-28-24-14-6-7-15-25(24)29-27/h1-17H,18-19H2/b11-8+. The van der Waals surface area contributed by atoms with Crippen LogP contribution in [-0.2, 0) is 5.75 Å². The Bertz CT molecular complexity index is 1290. The zero-order valence-electron chi connectivity index (χ0n) is 16.5. The molecule has 0 saturated heterocycles. The first-order valence-electron chi connectivity index (χ1n) is 10.0. The molecule has 0 fully saturated rings. The van der Waals surface area contributed by atoms with Gasteiger partial charge in [0.1, 0.15) is 5.52 Å². The highest BCUT2D eigenvalue weighted by Crippen LogP contribution is 2.35. The van der Waals surface area contributed by atoms with Gasteiger partial charge in [-0.05, 0) is 34.0 Å². The minimum atomic E-state index is 0.698. The largest absolute Gasteiger partial charge is 0.436 e. The Morgan fingerprint density at radius 1 is 0.800 bits per heavy atom. The van der Waals surface area contributed by atoms with Crippen molar-refractivity contribution in [3.63, 3.8) is 0 Å². The lowest BCUT2D eigenvalue weighted by Crippen LogP contribution is -1.91. The van der Waals surface area contributed by atoms with Gasteiger partial charge in [0.05, 0.1) is 0 Å². The van der Waals surface area contributed by atoms with Gasteiger partial charge in [0, 0.05) is 17.1 Å². The predicted octanol–water partition coefficient (Wildman–Crippen LogP) is 7.59. The van der Waals surface area contributed by atoms with Gasteiger partial charge in [-0.1, -0.05) is 91.0 Å². The normalized spacial score (nSPS) is 11.6. The molecule has 0 spiro atoms. The number of benzene rings is 4. The Hall–Kier alpha value is -3.30. The van der Waals surface area contributed by atoms with Crippen molar-refractivity contribution < 1.29 is 4.42 Å². The van der Waals surface area contributed by atoms with Gasteiger partial charge in [-0.25, -0.2) is 4.98 Å². The highest BCUT2D eigenvalue weighted by Gasteiger charge is 2.15. The maximum atomic E-state index is 6.15. The van der Waals surface area contributed by atoms with E-state index in [2.05, 4.69) is 72.8 Å². The highest BCUT2D eigenvalue weighted by molar-refractivity contribution is 7.98. The summed E-state index contributed by atoms with van der Waals surface area (Å²) in [5, 5.41) is 2.38. The lowest BCUT2D eigenvalue weighted by Gasteiger charge is -2.10. The second-order valence-electron chi connectivity index (χ2n) is 7.14. The van der Waals surface area contributed by atoms with E-state index in [4.69, 9.17) is 9.40 Å². The van der Waals surface area contributed by atoms with Crippen molar-refractivity contribution in [2.45, 2.75) is 5.75 Å². The molecular weight excluding hydrogens is 386 g/mol. The summed E-state index contributed by atoms with van der Waals surface area (Å²) in [6, 6.07) is 31.2. The van der Waals surface area contributed by atoms with Crippen LogP contribution in [0.1, 0.15) is 11.1 Å². The summed E-state index contributed by atoms with van der Waals surface area (Å²) in [4.78, 5) is 4.79. The third-order valence-electron chi connectivity index (χ3n) is 5.10. The molecule has 1 heterocycles. The Kier molecular flexibility index (Phi) is 5.36. The van der Waals surface area contributed by atoms with Crippen LogP contribution in [0, 0.1) is 0 Å². The maximum Gasteiger partial charge on any atom is 0.228 e. The van der Waals surface area contributed by atoms with E-state index in [-0.39, 0.29) is 0 Å². The van der Waals surface area contributed by atoms with E-state index in [1.54, 1.807) is 0 Å². The zero-order chi connectivity index (χ0) is 20.2. The number of aromatic nitrogens is 1. The second-order valence-corrected chi connectivity index (χ2v) is 8.17. The second kappa shape index (κ2) is 8.60. The fourth-order valence-corrected chi connectivity index (χ4v) is 4.46. The first-order chi connectivity index (χ1) is 14.9. The van der Waals surface area contributed by atoms with Gasteiger partial charge < -0.3 is 4.42 Å². The summed E-state index contributed by atoms with van der Waals surface area (Å²) in [5.41, 5.74) is 5.30. The number of thioether (sulfide) groups is 1. The van der Waals surface area contributed by atoms with Crippen LogP contribution in [0.2, 0.25) is 0 Å². The molecule has 1 aromatic heterocycles. The van der Waals surface area contributed by atoms with E-state index in [0.29, 0.717) is 5.89 Å². The topological polar surface area (TPSA) is 26.0 Å². The molecule has 0 atom stereocenters. The third-order valence-corrected chi connectivity index (χ3v) is 6.05. The molecule has 5 rings (SSSR count). The molecule has 0 N–H and O–H groups in total. The van der Waals surface area contributed by atoms with Crippen LogP contribution >= 0.6 is 11.8 Å². The zero-order valence-corrected chi connectivity index (χ0v) is 17.3. The van der Waals surface area contributed by atoms with Crippen molar-refractivity contribution in [3.05, 3.63) is 108 Å². The summed E-state index contributed by atoms with van der Waals surface area (Å²) >= 11 is 1.89. The molecule has 0 amide bonds. The third kappa shape index (κ3) is 3.89. The van der Waals surface area contributed by atoms with Gasteiger partial charge in [0.25, 0.3) is 0 Å². The Morgan fingerprint density at radius 2 is 1.60 bits per heavy atom. The molecule has 5 aromatic rings. The van der Waals surface area contributed by atoms with Crippen molar-refractivity contribution in [3.8, 4) is 11.5 Å². The molecule has 0 aliphatic rings. The van der Waals surface area contributed by atoms with Crippen molar-refractivity contribution in [1.82, 2.24) is 4.98 Å². The minimum Gasteiger partial charge on any atom is -0.436 e. The average molecular weight is 408 g/mol. The van der Waals surface area contributed by atoms with E-state index >= 15 is 0 Å². The van der Waals surface area contributed by atoms with E-state index in [1.807, 2.05) is 42.1 Å². The molecule has 0 aliphatic carbocycles. The summed E-state index contributed by atoms with van der Waals surface area (Å²) < 4.78 is 6.15. The molecule has 4 aromatic carbocycles. The molecule has 30 heavy (non-hydrogen) atoms. The SMILES string of the molecule is C(=C\c1ccccc1)/CSCc1ccc2ccccc2c1-c1nc2ccccc2o1. The van der Waals surface area contributed by atoms with Crippen molar-refractivity contribution in [1.29, 1.82) is 0 Å². The van der Waals surface area contributed by atoms with Crippen molar-refractivity contribution >= 4 is 39.7 Å². The summed E-state index contributed by atoms with van der Waals surface area (Å²) in [5.74, 6) is 2.55. The van der Waals surface area contributed by atoms with Gasteiger partial charge in [-0.3, -0.25) is 0 Å². The van der Waals surface area contributed by atoms with Crippen LogP contribution in [0.5, 0.6) is 0 Å². The van der Waals surface area contributed by atoms with E-state index in [0.717, 1.165) is 28.2 Å². The van der Waals surface area contributed by atoms with Gasteiger partial charge in [-0.2, -0.15) is 11.8 Å². The fourth-order valence-electron chi connectivity index (χ4n) is 3.65. The molecular formula is C27H21NOS. The molecule has 0 bridgehead atoms. The summed E-state index contributed by atoms with van der Waals surface area (Å²) in [6.07, 6.45) is 4.40. The molecule has 0 radical (unpaired) electrons. The number of para-hydroxylation sites is 2. The van der Waals surface area contributed by atoms with Crippen LogP contribution < -0.4 is 0 Å². The lowest BCUT2D eigenvalue weighted by atomic mass is 9.99. The summed E-state index contributed by atoms with van der Waals surface area (Å²) in [6.45, 7) is 0. The maximum absolute atomic E-state index is 6.15. The van der Waals surface area contributed by atoms with Gasteiger partial charge in [-0.15, -0.1) is 0 Å². The highest BCUT2D eigenvalue weighted by atomic mass is 32.2. The van der Waals surface area contributed by atoms with Crippen LogP contribution in [0.4, 0.5) is 0 Å². The van der Waals surface area contributed by atoms with Gasteiger partial charge in [0.2, 0.25) is 5.89 Å². The quantitative estimate of drug-likeness (QED) is 0.271. The van der Waals surface area contributed by atoms with Crippen LogP contribution in [0.25, 0.3) is 39.4 Å². The molecule has 0 unspecified atom stereocenters. The first kappa shape index (κ1) is 18.7. The first-order valence-corrected chi connectivity index (χ1v) is 11.2. The van der Waals surface area contributed by atoms with Crippen LogP contribution in [-0.4, -0.2) is 10.7 Å².